The summed E-state index contributed by atoms with van der Waals surface area (Å²) in [6, 6.07) is 64.9. The van der Waals surface area contributed by atoms with Gasteiger partial charge in [0.1, 0.15) is 0 Å². The summed E-state index contributed by atoms with van der Waals surface area (Å²) < 4.78 is 2.18. The summed E-state index contributed by atoms with van der Waals surface area (Å²) in [5.74, 6) is 0. The summed E-state index contributed by atoms with van der Waals surface area (Å²) >= 11 is 0. The Morgan fingerprint density at radius 2 is 1.02 bits per heavy atom. The summed E-state index contributed by atoms with van der Waals surface area (Å²) in [6.07, 6.45) is 0. The molecule has 0 N–H and O–H groups in total. The Kier molecular flexibility index (Phi) is 7.63. The molecule has 0 radical (unpaired) electrons. The number of nitriles is 3. The lowest BCUT2D eigenvalue weighted by Gasteiger charge is -2.36. The minimum atomic E-state index is -3.09. The molecule has 1 heterocycles. The van der Waals surface area contributed by atoms with Crippen LogP contribution in [0.5, 0.6) is 0 Å². The predicted octanol–water partition coefficient (Wildman–Crippen LogP) is 7.44. The number of benzene rings is 7. The van der Waals surface area contributed by atoms with Gasteiger partial charge in [0.25, 0.3) is 0 Å². The van der Waals surface area contributed by atoms with Gasteiger partial charge in [0.05, 0.1) is 45.9 Å². The Morgan fingerprint density at radius 1 is 0.440 bits per heavy atom. The maximum atomic E-state index is 10.8. The molecule has 5 heteroatoms. The molecule has 50 heavy (non-hydrogen) atoms. The minimum Gasteiger partial charge on any atom is -0.309 e. The first-order valence-electron chi connectivity index (χ1n) is 16.4. The van der Waals surface area contributed by atoms with Gasteiger partial charge in [-0.2, -0.15) is 15.8 Å². The van der Waals surface area contributed by atoms with Crippen LogP contribution in [0.3, 0.4) is 0 Å². The zero-order valence-electron chi connectivity index (χ0n) is 27.0. The molecule has 8 aromatic rings. The van der Waals surface area contributed by atoms with Gasteiger partial charge < -0.3 is 4.57 Å². The molecule has 7 aromatic carbocycles. The summed E-state index contributed by atoms with van der Waals surface area (Å²) in [6.45, 7) is 0. The van der Waals surface area contributed by atoms with E-state index in [-0.39, 0.29) is 0 Å². The van der Waals surface area contributed by atoms with Crippen molar-refractivity contribution in [3.8, 4) is 35.0 Å². The molecule has 0 saturated carbocycles. The van der Waals surface area contributed by atoms with E-state index < -0.39 is 8.07 Å². The van der Waals surface area contributed by atoms with Crippen molar-refractivity contribution in [2.24, 2.45) is 0 Å². The van der Waals surface area contributed by atoms with E-state index in [4.69, 9.17) is 0 Å². The van der Waals surface area contributed by atoms with Crippen LogP contribution >= 0.6 is 0 Å². The number of hydrogen-bond donors (Lipinski definition) is 0. The highest BCUT2D eigenvalue weighted by Gasteiger charge is 2.43. The number of hydrogen-bond acceptors (Lipinski definition) is 3. The number of aromatic nitrogens is 1. The standard InChI is InChI=1S/C45H28N4Si/c46-29-32-23-26-43-41(27-32)39-20-10-11-21-42(39)49(43)35-25-24-33(30-47)40(28-35)45-34(31-48)13-12-22-44(45)50(36-14-4-1-5-15-36,37-16-6-2-7-17-37)38-18-8-3-9-19-38/h1-28H. The SMILES string of the molecule is N#Cc1ccc2c(c1)c1ccccc1n2-c1ccc(C#N)c(-c2c(C#N)cccc2[Si](c2ccccc2)(c2ccccc2)c2ccccc2)c1. The highest BCUT2D eigenvalue weighted by Crippen LogP contribution is 2.36. The smallest absolute Gasteiger partial charge is 0.180 e. The Balaban J connectivity index is 1.50. The minimum absolute atomic E-state index is 0.488. The second-order valence-corrected chi connectivity index (χ2v) is 16.0. The molecule has 0 unspecified atom stereocenters. The van der Waals surface area contributed by atoms with Gasteiger partial charge in [-0.15, -0.1) is 0 Å². The van der Waals surface area contributed by atoms with Crippen LogP contribution < -0.4 is 20.7 Å². The van der Waals surface area contributed by atoms with E-state index in [9.17, 15) is 15.8 Å². The molecule has 1 aromatic heterocycles. The Morgan fingerprint density at radius 3 is 1.62 bits per heavy atom. The molecule has 0 fully saturated rings. The summed E-state index contributed by atoms with van der Waals surface area (Å²) in [5.41, 5.74) is 5.87. The molecule has 232 valence electrons. The fourth-order valence-corrected chi connectivity index (χ4v) is 12.6. The first-order valence-corrected chi connectivity index (χ1v) is 18.4. The average molecular weight is 653 g/mol. The van der Waals surface area contributed by atoms with Gasteiger partial charge >= 0.3 is 0 Å². The van der Waals surface area contributed by atoms with E-state index in [1.54, 1.807) is 0 Å². The average Bonchev–Trinajstić information content (AvgIpc) is 3.52. The molecule has 0 aliphatic heterocycles. The van der Waals surface area contributed by atoms with Crippen LogP contribution in [0.4, 0.5) is 0 Å². The van der Waals surface area contributed by atoms with Crippen molar-refractivity contribution in [3.05, 3.63) is 187 Å². The largest absolute Gasteiger partial charge is 0.309 e. The number of nitrogens with zero attached hydrogens (tertiary/aromatic N) is 4. The molecular formula is C45H28N4Si. The lowest BCUT2D eigenvalue weighted by molar-refractivity contribution is 1.18. The van der Waals surface area contributed by atoms with Crippen molar-refractivity contribution in [2.75, 3.05) is 0 Å². The number of fused-ring (bicyclic) bond motifs is 3. The summed E-state index contributed by atoms with van der Waals surface area (Å²) in [7, 11) is -3.09. The van der Waals surface area contributed by atoms with Crippen molar-refractivity contribution in [1.82, 2.24) is 4.57 Å². The third-order valence-corrected chi connectivity index (χ3v) is 14.5. The Labute approximate surface area is 291 Å². The van der Waals surface area contributed by atoms with E-state index in [1.807, 2.05) is 72.8 Å². The second-order valence-electron chi connectivity index (χ2n) is 12.2. The van der Waals surface area contributed by atoms with Crippen LogP contribution in [0, 0.1) is 34.0 Å². The monoisotopic (exact) mass is 652 g/mol. The van der Waals surface area contributed by atoms with Gasteiger partial charge in [-0.25, -0.2) is 0 Å². The molecule has 0 aliphatic carbocycles. The lowest BCUT2D eigenvalue weighted by Crippen LogP contribution is -2.75. The third kappa shape index (κ3) is 4.72. The lowest BCUT2D eigenvalue weighted by atomic mass is 9.95. The van der Waals surface area contributed by atoms with Gasteiger partial charge in [-0.05, 0) is 69.3 Å². The molecule has 0 bridgehead atoms. The van der Waals surface area contributed by atoms with Crippen molar-refractivity contribution in [3.63, 3.8) is 0 Å². The Bertz CT molecular complexity index is 2580. The first-order chi connectivity index (χ1) is 24.7. The Hall–Kier alpha value is -6.97. The van der Waals surface area contributed by atoms with Crippen molar-refractivity contribution >= 4 is 50.6 Å². The maximum Gasteiger partial charge on any atom is 0.180 e. The molecule has 0 spiro atoms. The van der Waals surface area contributed by atoms with Crippen LogP contribution in [0.2, 0.25) is 0 Å². The first kappa shape index (κ1) is 30.4. The van der Waals surface area contributed by atoms with Gasteiger partial charge in [-0.1, -0.05) is 121 Å². The third-order valence-electron chi connectivity index (χ3n) is 9.66. The summed E-state index contributed by atoms with van der Waals surface area (Å²) in [5, 5.41) is 37.7. The normalized spacial score (nSPS) is 11.1. The van der Waals surface area contributed by atoms with Crippen molar-refractivity contribution in [2.45, 2.75) is 0 Å². The fraction of sp³-hybridized carbons (Fsp3) is 0. The quantitative estimate of drug-likeness (QED) is 0.138. The van der Waals surface area contributed by atoms with Crippen molar-refractivity contribution < 1.29 is 0 Å². The van der Waals surface area contributed by atoms with E-state index in [1.165, 1.54) is 15.6 Å². The van der Waals surface area contributed by atoms with Crippen LogP contribution in [-0.4, -0.2) is 12.6 Å². The molecular weight excluding hydrogens is 625 g/mol. The second kappa shape index (κ2) is 12.6. The molecule has 0 atom stereocenters. The van der Waals surface area contributed by atoms with Gasteiger partial charge in [-0.3, -0.25) is 0 Å². The molecule has 8 rings (SSSR count). The highest BCUT2D eigenvalue weighted by atomic mass is 28.3. The summed E-state index contributed by atoms with van der Waals surface area (Å²) in [4.78, 5) is 0. The zero-order chi connectivity index (χ0) is 34.1. The molecule has 4 nitrogen and oxygen atoms in total. The zero-order valence-corrected chi connectivity index (χ0v) is 28.0. The molecule has 0 saturated heterocycles. The van der Waals surface area contributed by atoms with Crippen LogP contribution in [0.15, 0.2) is 170 Å². The predicted molar refractivity (Wildman–Crippen MR) is 204 cm³/mol. The van der Waals surface area contributed by atoms with E-state index in [0.717, 1.165) is 38.2 Å². The topological polar surface area (TPSA) is 76.3 Å². The number of rotatable bonds is 6. The van der Waals surface area contributed by atoms with E-state index in [2.05, 4.69) is 120 Å². The van der Waals surface area contributed by atoms with Gasteiger partial charge in [0, 0.05) is 27.6 Å². The van der Waals surface area contributed by atoms with E-state index >= 15 is 0 Å². The van der Waals surface area contributed by atoms with E-state index in [0.29, 0.717) is 22.3 Å². The molecule has 0 amide bonds. The number of para-hydroxylation sites is 1. The maximum absolute atomic E-state index is 10.8. The fourth-order valence-electron chi connectivity index (χ4n) is 7.58. The van der Waals surface area contributed by atoms with Crippen LogP contribution in [0.1, 0.15) is 16.7 Å². The van der Waals surface area contributed by atoms with Crippen LogP contribution in [0.25, 0.3) is 38.6 Å². The van der Waals surface area contributed by atoms with Gasteiger partial charge in [0.2, 0.25) is 0 Å². The van der Waals surface area contributed by atoms with Crippen LogP contribution in [-0.2, 0) is 0 Å². The van der Waals surface area contributed by atoms with Crippen molar-refractivity contribution in [1.29, 1.82) is 15.8 Å². The van der Waals surface area contributed by atoms with Gasteiger partial charge in [0.15, 0.2) is 8.07 Å². The highest BCUT2D eigenvalue weighted by molar-refractivity contribution is 7.20. The molecule has 0 aliphatic rings.